The van der Waals surface area contributed by atoms with Gasteiger partial charge in [-0.2, -0.15) is 5.10 Å². The molecule has 0 unspecified atom stereocenters. The molecule has 7 heteroatoms. The van der Waals surface area contributed by atoms with Crippen molar-refractivity contribution < 1.29 is 14.3 Å². The molecule has 6 nitrogen and oxygen atoms in total. The quantitative estimate of drug-likeness (QED) is 0.765. The molecule has 5 rings (SSSR count). The number of thiophene rings is 1. The van der Waals surface area contributed by atoms with Crippen molar-refractivity contribution in [2.45, 2.75) is 44.9 Å². The van der Waals surface area contributed by atoms with Crippen LogP contribution >= 0.6 is 11.3 Å². The average Bonchev–Trinajstić information content (AvgIpc) is 3.40. The highest BCUT2D eigenvalue weighted by atomic mass is 32.1. The van der Waals surface area contributed by atoms with Gasteiger partial charge in [0.1, 0.15) is 0 Å². The molecule has 2 aromatic rings. The minimum Gasteiger partial charge on any atom is -0.490 e. The van der Waals surface area contributed by atoms with E-state index in [9.17, 15) is 4.79 Å². The van der Waals surface area contributed by atoms with E-state index in [-0.39, 0.29) is 11.9 Å². The molecule has 29 heavy (non-hydrogen) atoms. The number of piperidine rings is 1. The summed E-state index contributed by atoms with van der Waals surface area (Å²) in [4.78, 5) is 15.0. The van der Waals surface area contributed by atoms with E-state index in [1.165, 1.54) is 4.88 Å². The SMILES string of the molecule is CCOc1cccc2c1OC1(CCN(C(C)=O)CC1)N1N=C(c3cccs3)C[C@@H]21. The van der Waals surface area contributed by atoms with Gasteiger partial charge < -0.3 is 14.4 Å². The number of hydrazone groups is 1. The monoisotopic (exact) mass is 411 g/mol. The van der Waals surface area contributed by atoms with Crippen molar-refractivity contribution in [1.82, 2.24) is 9.91 Å². The molecule has 4 heterocycles. The highest BCUT2D eigenvalue weighted by Crippen LogP contribution is 2.52. The first-order valence-corrected chi connectivity index (χ1v) is 11.1. The second-order valence-electron chi connectivity index (χ2n) is 7.75. The molecule has 0 radical (unpaired) electrons. The number of amides is 1. The van der Waals surface area contributed by atoms with Crippen molar-refractivity contribution >= 4 is 23.0 Å². The number of nitrogens with zero attached hydrogens (tertiary/aromatic N) is 3. The van der Waals surface area contributed by atoms with Crippen molar-refractivity contribution in [3.05, 3.63) is 46.2 Å². The lowest BCUT2D eigenvalue weighted by Crippen LogP contribution is -2.59. The summed E-state index contributed by atoms with van der Waals surface area (Å²) in [7, 11) is 0. The van der Waals surface area contributed by atoms with E-state index in [0.29, 0.717) is 19.7 Å². The second-order valence-corrected chi connectivity index (χ2v) is 8.70. The van der Waals surface area contributed by atoms with Crippen molar-refractivity contribution in [3.63, 3.8) is 0 Å². The first-order valence-electron chi connectivity index (χ1n) is 10.2. The molecule has 0 N–H and O–H groups in total. The predicted molar refractivity (Wildman–Crippen MR) is 113 cm³/mol. The smallest absolute Gasteiger partial charge is 0.219 e. The minimum absolute atomic E-state index is 0.117. The molecule has 1 saturated heterocycles. The van der Waals surface area contributed by atoms with Gasteiger partial charge in [0.25, 0.3) is 0 Å². The first kappa shape index (κ1) is 18.5. The Morgan fingerprint density at radius 2 is 2.14 bits per heavy atom. The van der Waals surface area contributed by atoms with Gasteiger partial charge in [0, 0.05) is 44.8 Å². The van der Waals surface area contributed by atoms with Crippen LogP contribution in [0.2, 0.25) is 0 Å². The lowest BCUT2D eigenvalue weighted by Gasteiger charge is -2.51. The van der Waals surface area contributed by atoms with Crippen molar-refractivity contribution in [3.8, 4) is 11.5 Å². The van der Waals surface area contributed by atoms with Gasteiger partial charge in [0.15, 0.2) is 11.5 Å². The van der Waals surface area contributed by atoms with Gasteiger partial charge in [-0.25, -0.2) is 5.01 Å². The molecule has 0 bridgehead atoms. The molecule has 1 fully saturated rings. The molecular weight excluding hydrogens is 386 g/mol. The number of ether oxygens (including phenoxy) is 2. The molecule has 152 valence electrons. The Balaban J connectivity index is 1.57. The van der Waals surface area contributed by atoms with E-state index in [2.05, 4.69) is 28.6 Å². The van der Waals surface area contributed by atoms with E-state index < -0.39 is 5.72 Å². The number of hydrogen-bond donors (Lipinski definition) is 0. The summed E-state index contributed by atoms with van der Waals surface area (Å²) < 4.78 is 12.6. The molecule has 1 amide bonds. The van der Waals surface area contributed by atoms with Crippen LogP contribution in [0, 0.1) is 0 Å². The average molecular weight is 412 g/mol. The molecule has 3 aliphatic heterocycles. The van der Waals surface area contributed by atoms with Gasteiger partial charge in [0.05, 0.1) is 23.2 Å². The van der Waals surface area contributed by atoms with E-state index >= 15 is 0 Å². The molecular formula is C22H25N3O3S. The van der Waals surface area contributed by atoms with Crippen LogP contribution in [0.5, 0.6) is 11.5 Å². The summed E-state index contributed by atoms with van der Waals surface area (Å²) in [5.74, 6) is 1.75. The van der Waals surface area contributed by atoms with Crippen LogP contribution in [0.1, 0.15) is 49.6 Å². The van der Waals surface area contributed by atoms with Gasteiger partial charge >= 0.3 is 0 Å². The molecule has 1 aromatic carbocycles. The van der Waals surface area contributed by atoms with E-state index in [1.807, 2.05) is 24.0 Å². The zero-order valence-electron chi connectivity index (χ0n) is 16.8. The topological polar surface area (TPSA) is 54.4 Å². The fourth-order valence-corrected chi connectivity index (χ4v) is 5.35. The summed E-state index contributed by atoms with van der Waals surface area (Å²) in [6, 6.07) is 10.5. The number of hydrogen-bond acceptors (Lipinski definition) is 6. The Morgan fingerprint density at radius 3 is 2.83 bits per heavy atom. The van der Waals surface area contributed by atoms with Crippen LogP contribution in [0.25, 0.3) is 0 Å². The van der Waals surface area contributed by atoms with Crippen LogP contribution in [0.15, 0.2) is 40.8 Å². The number of rotatable bonds is 3. The number of benzene rings is 1. The highest BCUT2D eigenvalue weighted by Gasteiger charge is 2.52. The molecule has 1 atom stereocenters. The zero-order chi connectivity index (χ0) is 20.0. The normalized spacial score (nSPS) is 22.0. The zero-order valence-corrected chi connectivity index (χ0v) is 17.6. The van der Waals surface area contributed by atoms with Crippen LogP contribution in [0.3, 0.4) is 0 Å². The number of fused-ring (bicyclic) bond motifs is 4. The summed E-state index contributed by atoms with van der Waals surface area (Å²) >= 11 is 1.72. The Morgan fingerprint density at radius 1 is 1.31 bits per heavy atom. The van der Waals surface area contributed by atoms with E-state index in [0.717, 1.165) is 42.0 Å². The van der Waals surface area contributed by atoms with Gasteiger partial charge in [-0.05, 0) is 24.4 Å². The standard InChI is InChI=1S/C22H25N3O3S/c1-3-27-19-7-4-6-16-18-14-17(20-8-5-13-29-20)23-25(18)22(28-21(16)19)9-11-24(12-10-22)15(2)26/h4-8,13,18H,3,9-12,14H2,1-2H3/t18-/m0/s1. The Kier molecular flexibility index (Phi) is 4.50. The molecule has 0 saturated carbocycles. The largest absolute Gasteiger partial charge is 0.490 e. The van der Waals surface area contributed by atoms with Crippen LogP contribution in [0.4, 0.5) is 0 Å². The van der Waals surface area contributed by atoms with Gasteiger partial charge in [-0.15, -0.1) is 11.3 Å². The molecule has 1 spiro atoms. The summed E-state index contributed by atoms with van der Waals surface area (Å²) in [5, 5.41) is 9.33. The number of carbonyl (C=O) groups is 1. The third-order valence-electron chi connectivity index (χ3n) is 6.08. The third-order valence-corrected chi connectivity index (χ3v) is 7.00. The summed E-state index contributed by atoms with van der Waals surface area (Å²) in [6.07, 6.45) is 2.30. The minimum atomic E-state index is -0.546. The maximum Gasteiger partial charge on any atom is 0.219 e. The van der Waals surface area contributed by atoms with Gasteiger partial charge in [-0.3, -0.25) is 4.79 Å². The summed E-state index contributed by atoms with van der Waals surface area (Å²) in [5.41, 5.74) is 1.69. The third kappa shape index (κ3) is 2.99. The Bertz CT molecular complexity index is 948. The molecule has 1 aromatic heterocycles. The molecule has 0 aliphatic carbocycles. The van der Waals surface area contributed by atoms with Crippen LogP contribution < -0.4 is 9.47 Å². The van der Waals surface area contributed by atoms with Crippen molar-refractivity contribution in [2.75, 3.05) is 19.7 Å². The van der Waals surface area contributed by atoms with E-state index in [4.69, 9.17) is 14.6 Å². The van der Waals surface area contributed by atoms with E-state index in [1.54, 1.807) is 18.3 Å². The Labute approximate surface area is 174 Å². The number of carbonyl (C=O) groups excluding carboxylic acids is 1. The maximum absolute atomic E-state index is 11.9. The van der Waals surface area contributed by atoms with Crippen LogP contribution in [-0.4, -0.2) is 46.9 Å². The van der Waals surface area contributed by atoms with Gasteiger partial charge in [-0.1, -0.05) is 18.2 Å². The van der Waals surface area contributed by atoms with Gasteiger partial charge in [0.2, 0.25) is 11.6 Å². The predicted octanol–water partition coefficient (Wildman–Crippen LogP) is 4.03. The maximum atomic E-state index is 11.9. The van der Waals surface area contributed by atoms with Crippen molar-refractivity contribution in [2.24, 2.45) is 5.10 Å². The number of para-hydroxylation sites is 1. The fraction of sp³-hybridized carbons (Fsp3) is 0.455. The fourth-order valence-electron chi connectivity index (χ4n) is 4.63. The second kappa shape index (κ2) is 7.06. The Hall–Kier alpha value is -2.54. The molecule has 3 aliphatic rings. The summed E-state index contributed by atoms with van der Waals surface area (Å²) in [6.45, 7) is 5.57. The number of likely N-dealkylation sites (tertiary alicyclic amines) is 1. The van der Waals surface area contributed by atoms with Crippen molar-refractivity contribution in [1.29, 1.82) is 0 Å². The van der Waals surface area contributed by atoms with Crippen LogP contribution in [-0.2, 0) is 4.79 Å². The lowest BCUT2D eigenvalue weighted by molar-refractivity contribution is -0.159. The highest BCUT2D eigenvalue weighted by molar-refractivity contribution is 7.12. The first-order chi connectivity index (χ1) is 14.1. The lowest BCUT2D eigenvalue weighted by atomic mass is 9.91.